The average Bonchev–Trinajstić information content (AvgIpc) is 2.61. The quantitative estimate of drug-likeness (QED) is 0.843. The first kappa shape index (κ1) is 18.4. The van der Waals surface area contributed by atoms with Gasteiger partial charge in [-0.15, -0.1) is 0 Å². The first-order valence-electron chi connectivity index (χ1n) is 8.45. The zero-order valence-corrected chi connectivity index (χ0v) is 15.5. The predicted octanol–water partition coefficient (Wildman–Crippen LogP) is 2.55. The number of hydrogen-bond acceptors (Lipinski definition) is 4. The van der Waals surface area contributed by atoms with Gasteiger partial charge in [-0.2, -0.15) is 0 Å². The minimum atomic E-state index is -3.50. The third-order valence-corrected chi connectivity index (χ3v) is 5.50. The molecule has 1 heterocycles. The Morgan fingerprint density at radius 2 is 1.96 bits per heavy atom. The second-order valence-electron chi connectivity index (χ2n) is 6.27. The van der Waals surface area contributed by atoms with Gasteiger partial charge >= 0.3 is 0 Å². The molecule has 0 aromatic heterocycles. The summed E-state index contributed by atoms with van der Waals surface area (Å²) < 4.78 is 32.4. The summed E-state index contributed by atoms with van der Waals surface area (Å²) >= 11 is 0. The number of aryl methyl sites for hydroxylation is 1. The molecule has 1 amide bonds. The molecule has 0 fully saturated rings. The molecule has 0 radical (unpaired) electrons. The minimum Gasteiger partial charge on any atom is -0.375 e. The fourth-order valence-corrected chi connectivity index (χ4v) is 4.32. The fraction of sp³-hybridized carbons (Fsp3) is 0.316. The average molecular weight is 374 g/mol. The summed E-state index contributed by atoms with van der Waals surface area (Å²) in [6, 6.07) is 14.3. The predicted molar refractivity (Wildman–Crippen MR) is 102 cm³/mol. The van der Waals surface area contributed by atoms with Crippen LogP contribution in [0.15, 0.2) is 48.5 Å². The van der Waals surface area contributed by atoms with E-state index < -0.39 is 10.0 Å². The maximum atomic E-state index is 12.4. The third-order valence-electron chi connectivity index (χ3n) is 4.24. The monoisotopic (exact) mass is 374 g/mol. The highest BCUT2D eigenvalue weighted by atomic mass is 32.2. The lowest BCUT2D eigenvalue weighted by atomic mass is 10.0. The van der Waals surface area contributed by atoms with Gasteiger partial charge in [0, 0.05) is 25.0 Å². The van der Waals surface area contributed by atoms with E-state index in [4.69, 9.17) is 4.74 Å². The van der Waals surface area contributed by atoms with Crippen molar-refractivity contribution in [3.8, 4) is 0 Å². The Balaban J connectivity index is 1.77. The lowest BCUT2D eigenvalue weighted by molar-refractivity contribution is -0.122. The van der Waals surface area contributed by atoms with Crippen LogP contribution >= 0.6 is 0 Å². The van der Waals surface area contributed by atoms with Gasteiger partial charge in [-0.3, -0.25) is 9.52 Å². The first-order chi connectivity index (χ1) is 12.5. The number of ether oxygens (including phenoxy) is 1. The van der Waals surface area contributed by atoms with Gasteiger partial charge in [0.15, 0.2) is 0 Å². The standard InChI is InChI=1S/C19H22N2O4S/c1-25-13-19(22)21-11-5-8-16-12-17(9-10-18(16)21)20-26(23,24)14-15-6-3-2-4-7-15/h2-4,6-7,9-10,12,20H,5,8,11,13-14H2,1H3. The normalized spacial score (nSPS) is 14.0. The number of fused-ring (bicyclic) bond motifs is 1. The molecule has 138 valence electrons. The Labute approximate surface area is 153 Å². The molecule has 1 N–H and O–H groups in total. The maximum absolute atomic E-state index is 12.4. The number of amides is 1. The third kappa shape index (κ3) is 4.42. The van der Waals surface area contributed by atoms with Crippen molar-refractivity contribution in [2.24, 2.45) is 0 Å². The van der Waals surface area contributed by atoms with Crippen molar-refractivity contribution >= 4 is 27.3 Å². The Morgan fingerprint density at radius 1 is 1.19 bits per heavy atom. The Bertz CT molecular complexity index is 882. The molecule has 0 unspecified atom stereocenters. The van der Waals surface area contributed by atoms with Crippen LogP contribution in [0.1, 0.15) is 17.5 Å². The number of nitrogens with one attached hydrogen (secondary N) is 1. The van der Waals surface area contributed by atoms with E-state index in [1.54, 1.807) is 29.2 Å². The van der Waals surface area contributed by atoms with Gasteiger partial charge in [0.05, 0.1) is 5.75 Å². The van der Waals surface area contributed by atoms with E-state index in [1.165, 1.54) is 7.11 Å². The number of rotatable bonds is 6. The molecule has 1 aliphatic heterocycles. The van der Waals surface area contributed by atoms with Crippen LogP contribution in [-0.2, 0) is 31.7 Å². The van der Waals surface area contributed by atoms with Gasteiger partial charge in [0.1, 0.15) is 6.61 Å². The van der Waals surface area contributed by atoms with Crippen molar-refractivity contribution in [3.05, 3.63) is 59.7 Å². The number of carbonyl (C=O) groups is 1. The van der Waals surface area contributed by atoms with E-state index in [0.29, 0.717) is 12.2 Å². The van der Waals surface area contributed by atoms with Crippen LogP contribution in [0.4, 0.5) is 11.4 Å². The summed E-state index contributed by atoms with van der Waals surface area (Å²) in [6.45, 7) is 0.680. The first-order valence-corrected chi connectivity index (χ1v) is 10.1. The van der Waals surface area contributed by atoms with E-state index in [0.717, 1.165) is 29.7 Å². The van der Waals surface area contributed by atoms with Gasteiger partial charge in [0.2, 0.25) is 10.0 Å². The van der Waals surface area contributed by atoms with Crippen molar-refractivity contribution in [2.75, 3.05) is 29.9 Å². The molecule has 0 bridgehead atoms. The summed E-state index contributed by atoms with van der Waals surface area (Å²) in [4.78, 5) is 13.9. The Morgan fingerprint density at radius 3 is 2.69 bits per heavy atom. The number of nitrogens with zero attached hydrogens (tertiary/aromatic N) is 1. The van der Waals surface area contributed by atoms with Crippen LogP contribution in [-0.4, -0.2) is 34.6 Å². The number of benzene rings is 2. The van der Waals surface area contributed by atoms with Crippen molar-refractivity contribution in [3.63, 3.8) is 0 Å². The van der Waals surface area contributed by atoms with Crippen molar-refractivity contribution in [1.82, 2.24) is 0 Å². The molecule has 6 nitrogen and oxygen atoms in total. The number of carbonyl (C=O) groups excluding carboxylic acids is 1. The van der Waals surface area contributed by atoms with Crippen molar-refractivity contribution in [1.29, 1.82) is 0 Å². The van der Waals surface area contributed by atoms with E-state index in [-0.39, 0.29) is 18.3 Å². The SMILES string of the molecule is COCC(=O)N1CCCc2cc(NS(=O)(=O)Cc3ccccc3)ccc21. The van der Waals surface area contributed by atoms with Crippen LogP contribution in [0.25, 0.3) is 0 Å². The number of hydrogen-bond donors (Lipinski definition) is 1. The molecule has 0 atom stereocenters. The molecule has 0 spiro atoms. The van der Waals surface area contributed by atoms with E-state index in [9.17, 15) is 13.2 Å². The van der Waals surface area contributed by atoms with Crippen molar-refractivity contribution < 1.29 is 17.9 Å². The fourth-order valence-electron chi connectivity index (χ4n) is 3.13. The Kier molecular flexibility index (Phi) is 5.58. The molecule has 1 aliphatic rings. The highest BCUT2D eigenvalue weighted by Gasteiger charge is 2.23. The highest BCUT2D eigenvalue weighted by Crippen LogP contribution is 2.30. The molecule has 2 aromatic carbocycles. The van der Waals surface area contributed by atoms with Crippen LogP contribution in [0.5, 0.6) is 0 Å². The number of methoxy groups -OCH3 is 1. The van der Waals surface area contributed by atoms with Gasteiger partial charge in [-0.05, 0) is 42.2 Å². The van der Waals surface area contributed by atoms with Gasteiger partial charge in [-0.1, -0.05) is 30.3 Å². The summed E-state index contributed by atoms with van der Waals surface area (Å²) in [6.07, 6.45) is 1.64. The molecular formula is C19H22N2O4S. The molecule has 7 heteroatoms. The van der Waals surface area contributed by atoms with Gasteiger partial charge < -0.3 is 9.64 Å². The second kappa shape index (κ2) is 7.88. The topological polar surface area (TPSA) is 75.7 Å². The largest absolute Gasteiger partial charge is 0.375 e. The number of sulfonamides is 1. The minimum absolute atomic E-state index is 0.0326. The molecule has 26 heavy (non-hydrogen) atoms. The second-order valence-corrected chi connectivity index (χ2v) is 7.99. The molecule has 0 saturated carbocycles. The van der Waals surface area contributed by atoms with Gasteiger partial charge in [-0.25, -0.2) is 8.42 Å². The molecule has 2 aromatic rings. The van der Waals surface area contributed by atoms with Crippen LogP contribution in [0.2, 0.25) is 0 Å². The Hall–Kier alpha value is -2.38. The summed E-state index contributed by atoms with van der Waals surface area (Å²) in [5, 5.41) is 0. The summed E-state index contributed by atoms with van der Waals surface area (Å²) in [5.41, 5.74) is 3.03. The van der Waals surface area contributed by atoms with Crippen molar-refractivity contribution in [2.45, 2.75) is 18.6 Å². The van der Waals surface area contributed by atoms with E-state index in [2.05, 4.69) is 4.72 Å². The molecule has 3 rings (SSSR count). The zero-order valence-electron chi connectivity index (χ0n) is 14.6. The lowest BCUT2D eigenvalue weighted by Gasteiger charge is -2.29. The van der Waals surface area contributed by atoms with Crippen LogP contribution in [0.3, 0.4) is 0 Å². The van der Waals surface area contributed by atoms with E-state index in [1.807, 2.05) is 24.3 Å². The number of anilines is 2. The van der Waals surface area contributed by atoms with E-state index >= 15 is 0 Å². The highest BCUT2D eigenvalue weighted by molar-refractivity contribution is 7.91. The maximum Gasteiger partial charge on any atom is 0.252 e. The zero-order chi connectivity index (χ0) is 18.6. The summed E-state index contributed by atoms with van der Waals surface area (Å²) in [5.74, 6) is -0.172. The lowest BCUT2D eigenvalue weighted by Crippen LogP contribution is -2.37. The van der Waals surface area contributed by atoms with Crippen LogP contribution in [0, 0.1) is 0 Å². The smallest absolute Gasteiger partial charge is 0.252 e. The van der Waals surface area contributed by atoms with Crippen LogP contribution < -0.4 is 9.62 Å². The molecule has 0 saturated heterocycles. The summed E-state index contributed by atoms with van der Waals surface area (Å²) in [7, 11) is -2.01. The molecule has 0 aliphatic carbocycles. The van der Waals surface area contributed by atoms with Gasteiger partial charge in [0.25, 0.3) is 5.91 Å². The molecular weight excluding hydrogens is 352 g/mol.